The highest BCUT2D eigenvalue weighted by Gasteiger charge is 2.22. The number of H-pyrrole nitrogens is 1. The highest BCUT2D eigenvalue weighted by atomic mass is 19.1. The molecular formula is C18H22FN3O3. The quantitative estimate of drug-likeness (QED) is 0.862. The molecule has 1 atom stereocenters. The van der Waals surface area contributed by atoms with Gasteiger partial charge in [-0.1, -0.05) is 12.1 Å². The molecule has 2 aromatic rings. The fourth-order valence-electron chi connectivity index (χ4n) is 3.03. The summed E-state index contributed by atoms with van der Waals surface area (Å²) in [7, 11) is 1.47. The number of methoxy groups -OCH3 is 1. The van der Waals surface area contributed by atoms with E-state index in [1.807, 2.05) is 0 Å². The van der Waals surface area contributed by atoms with Gasteiger partial charge in [-0.15, -0.1) is 0 Å². The van der Waals surface area contributed by atoms with E-state index in [4.69, 9.17) is 9.47 Å². The first-order valence-corrected chi connectivity index (χ1v) is 8.34. The molecule has 1 N–H and O–H groups in total. The fourth-order valence-corrected chi connectivity index (χ4v) is 3.03. The van der Waals surface area contributed by atoms with Crippen molar-refractivity contribution in [3.05, 3.63) is 58.0 Å². The lowest BCUT2D eigenvalue weighted by Crippen LogP contribution is -2.42. The van der Waals surface area contributed by atoms with Gasteiger partial charge in [0.15, 0.2) is 11.6 Å². The van der Waals surface area contributed by atoms with Crippen molar-refractivity contribution in [2.45, 2.75) is 25.5 Å². The van der Waals surface area contributed by atoms with E-state index in [-0.39, 0.29) is 23.2 Å². The molecule has 3 rings (SSSR count). The van der Waals surface area contributed by atoms with Gasteiger partial charge < -0.3 is 14.5 Å². The third-order valence-electron chi connectivity index (χ3n) is 4.34. The van der Waals surface area contributed by atoms with Crippen LogP contribution in [0.3, 0.4) is 0 Å². The number of ether oxygens (including phenoxy) is 2. The predicted molar refractivity (Wildman–Crippen MR) is 91.1 cm³/mol. The minimum atomic E-state index is -0.305. The lowest BCUT2D eigenvalue weighted by atomic mass is 10.1. The van der Waals surface area contributed by atoms with Crippen molar-refractivity contribution in [2.75, 3.05) is 26.8 Å². The van der Waals surface area contributed by atoms with Gasteiger partial charge in [-0.05, 0) is 18.9 Å². The van der Waals surface area contributed by atoms with E-state index in [1.165, 1.54) is 19.5 Å². The molecule has 0 amide bonds. The predicted octanol–water partition coefficient (Wildman–Crippen LogP) is 1.75. The van der Waals surface area contributed by atoms with E-state index in [1.54, 1.807) is 18.2 Å². The molecule has 7 heteroatoms. The van der Waals surface area contributed by atoms with Crippen LogP contribution in [0.15, 0.2) is 35.4 Å². The maximum atomic E-state index is 14.3. The Hall–Kier alpha value is -2.25. The summed E-state index contributed by atoms with van der Waals surface area (Å²) in [6.45, 7) is 2.61. The minimum Gasteiger partial charge on any atom is -0.494 e. The summed E-state index contributed by atoms with van der Waals surface area (Å²) in [5.41, 5.74) is 1.23. The summed E-state index contributed by atoms with van der Waals surface area (Å²) in [6, 6.07) is 6.71. The molecule has 0 saturated carbocycles. The summed E-state index contributed by atoms with van der Waals surface area (Å²) in [4.78, 5) is 20.1. The summed E-state index contributed by atoms with van der Waals surface area (Å²) in [5, 5.41) is 0. The normalized spacial score (nSPS) is 18.2. The number of hydrogen-bond donors (Lipinski definition) is 1. The second kappa shape index (κ2) is 8.22. The highest BCUT2D eigenvalue weighted by Crippen LogP contribution is 2.22. The van der Waals surface area contributed by atoms with Crippen LogP contribution in [0.1, 0.15) is 17.7 Å². The van der Waals surface area contributed by atoms with Crippen molar-refractivity contribution in [3.63, 3.8) is 0 Å². The first-order chi connectivity index (χ1) is 12.2. The van der Waals surface area contributed by atoms with Crippen LogP contribution < -0.4 is 10.3 Å². The van der Waals surface area contributed by atoms with Gasteiger partial charge in [0.05, 0.1) is 26.1 Å². The number of nitrogens with zero attached hydrogens (tertiary/aromatic N) is 2. The van der Waals surface area contributed by atoms with Crippen LogP contribution in [-0.2, 0) is 17.7 Å². The molecule has 0 aliphatic carbocycles. The molecule has 2 heterocycles. The number of rotatable bonds is 6. The van der Waals surface area contributed by atoms with Crippen molar-refractivity contribution >= 4 is 0 Å². The van der Waals surface area contributed by atoms with Crippen LogP contribution in [0.25, 0.3) is 0 Å². The van der Waals surface area contributed by atoms with E-state index in [2.05, 4.69) is 14.9 Å². The third kappa shape index (κ3) is 4.64. The Morgan fingerprint density at radius 1 is 1.48 bits per heavy atom. The van der Waals surface area contributed by atoms with Crippen LogP contribution in [0.5, 0.6) is 5.75 Å². The fraction of sp³-hybridized carbons (Fsp3) is 0.444. The maximum Gasteiger partial charge on any atom is 0.250 e. The zero-order valence-corrected chi connectivity index (χ0v) is 14.2. The van der Waals surface area contributed by atoms with Crippen LogP contribution in [0, 0.1) is 5.82 Å². The minimum absolute atomic E-state index is 0.0449. The Balaban J connectivity index is 1.57. The lowest BCUT2D eigenvalue weighted by molar-refractivity contribution is -0.0349. The molecule has 0 bridgehead atoms. The number of nitrogens with one attached hydrogen (secondary N) is 1. The largest absolute Gasteiger partial charge is 0.494 e. The Morgan fingerprint density at radius 2 is 2.36 bits per heavy atom. The van der Waals surface area contributed by atoms with Gasteiger partial charge in [0.25, 0.3) is 5.56 Å². The van der Waals surface area contributed by atoms with E-state index < -0.39 is 0 Å². The van der Waals surface area contributed by atoms with Gasteiger partial charge in [-0.3, -0.25) is 9.69 Å². The second-order valence-electron chi connectivity index (χ2n) is 6.10. The molecule has 1 aromatic heterocycles. The average molecular weight is 347 g/mol. The first-order valence-electron chi connectivity index (χ1n) is 8.34. The standard InChI is InChI=1S/C18H22FN3O3/c1-24-16-4-2-3-13(18(16)19)10-22-7-8-25-15(11-22)6-5-14-9-17(23)21-12-20-14/h2-4,9,12,15H,5-8,10-11H2,1H3,(H,20,21,23)/t15-/m1/s1. The molecule has 1 aliphatic heterocycles. The van der Waals surface area contributed by atoms with E-state index in [9.17, 15) is 9.18 Å². The second-order valence-corrected chi connectivity index (χ2v) is 6.10. The van der Waals surface area contributed by atoms with Crippen LogP contribution in [0.2, 0.25) is 0 Å². The molecule has 1 fully saturated rings. The summed E-state index contributed by atoms with van der Waals surface area (Å²) in [6.07, 6.45) is 2.91. The molecule has 1 aromatic carbocycles. The van der Waals surface area contributed by atoms with E-state index in [0.717, 1.165) is 25.2 Å². The molecule has 1 saturated heterocycles. The van der Waals surface area contributed by atoms with Crippen LogP contribution in [0.4, 0.5) is 4.39 Å². The van der Waals surface area contributed by atoms with Gasteiger partial charge in [0.2, 0.25) is 0 Å². The third-order valence-corrected chi connectivity index (χ3v) is 4.34. The first kappa shape index (κ1) is 17.6. The number of aromatic amines is 1. The number of morpholine rings is 1. The topological polar surface area (TPSA) is 67.5 Å². The molecule has 0 radical (unpaired) electrons. The summed E-state index contributed by atoms with van der Waals surface area (Å²) >= 11 is 0. The van der Waals surface area contributed by atoms with Crippen LogP contribution in [-0.4, -0.2) is 47.8 Å². The Bertz CT molecular complexity index is 765. The van der Waals surface area contributed by atoms with E-state index in [0.29, 0.717) is 25.1 Å². The number of aromatic nitrogens is 2. The highest BCUT2D eigenvalue weighted by molar-refractivity contribution is 5.31. The molecule has 6 nitrogen and oxygen atoms in total. The zero-order chi connectivity index (χ0) is 17.6. The molecule has 0 unspecified atom stereocenters. The van der Waals surface area contributed by atoms with Gasteiger partial charge in [0, 0.05) is 37.0 Å². The number of halogens is 1. The van der Waals surface area contributed by atoms with Crippen molar-refractivity contribution in [2.24, 2.45) is 0 Å². The van der Waals surface area contributed by atoms with Crippen molar-refractivity contribution in [3.8, 4) is 5.75 Å². The number of hydrogen-bond acceptors (Lipinski definition) is 5. The van der Waals surface area contributed by atoms with E-state index >= 15 is 0 Å². The van der Waals surface area contributed by atoms with Crippen LogP contribution >= 0.6 is 0 Å². The average Bonchev–Trinajstić information content (AvgIpc) is 2.62. The number of aryl methyl sites for hydroxylation is 1. The number of benzene rings is 1. The molecule has 134 valence electrons. The monoisotopic (exact) mass is 347 g/mol. The lowest BCUT2D eigenvalue weighted by Gasteiger charge is -2.33. The van der Waals surface area contributed by atoms with Crippen molar-refractivity contribution < 1.29 is 13.9 Å². The van der Waals surface area contributed by atoms with Gasteiger partial charge >= 0.3 is 0 Å². The van der Waals surface area contributed by atoms with Gasteiger partial charge in [0.1, 0.15) is 0 Å². The Morgan fingerprint density at radius 3 is 3.16 bits per heavy atom. The van der Waals surface area contributed by atoms with Gasteiger partial charge in [-0.2, -0.15) is 0 Å². The molecular weight excluding hydrogens is 325 g/mol. The van der Waals surface area contributed by atoms with Gasteiger partial charge in [-0.25, -0.2) is 9.37 Å². The smallest absolute Gasteiger partial charge is 0.250 e. The SMILES string of the molecule is COc1cccc(CN2CCO[C@H](CCc3cc(=O)[nH]cn3)C2)c1F. The van der Waals surface area contributed by atoms with Crippen molar-refractivity contribution in [1.82, 2.24) is 14.9 Å². The summed E-state index contributed by atoms with van der Waals surface area (Å²) < 4.78 is 25.1. The zero-order valence-electron chi connectivity index (χ0n) is 14.2. The maximum absolute atomic E-state index is 14.3. The molecule has 25 heavy (non-hydrogen) atoms. The summed E-state index contributed by atoms with van der Waals surface area (Å²) in [5.74, 6) is -0.0385. The Labute approximate surface area is 145 Å². The Kier molecular flexibility index (Phi) is 5.78. The molecule has 0 spiro atoms. The molecule has 1 aliphatic rings. The van der Waals surface area contributed by atoms with Crippen molar-refractivity contribution in [1.29, 1.82) is 0 Å².